The van der Waals surface area contributed by atoms with Crippen LogP contribution < -0.4 is 10.6 Å². The third kappa shape index (κ3) is 4.73. The number of ether oxygens (including phenoxy) is 1. The van der Waals surface area contributed by atoms with E-state index in [2.05, 4.69) is 10.6 Å². The molecule has 1 aliphatic carbocycles. The van der Waals surface area contributed by atoms with Gasteiger partial charge in [0.25, 0.3) is 5.91 Å². The fourth-order valence-corrected chi connectivity index (χ4v) is 2.33. The molecule has 1 fully saturated rings. The van der Waals surface area contributed by atoms with Crippen molar-refractivity contribution in [2.24, 2.45) is 0 Å². The summed E-state index contributed by atoms with van der Waals surface area (Å²) in [4.78, 5) is 35.4. The minimum absolute atomic E-state index is 0.0449. The van der Waals surface area contributed by atoms with Gasteiger partial charge in [-0.3, -0.25) is 10.1 Å². The van der Waals surface area contributed by atoms with Gasteiger partial charge in [0.1, 0.15) is 0 Å². The first-order valence-electron chi connectivity index (χ1n) is 6.75. The van der Waals surface area contributed by atoms with E-state index in [-0.39, 0.29) is 26.7 Å². The summed E-state index contributed by atoms with van der Waals surface area (Å²) < 4.78 is 4.98. The van der Waals surface area contributed by atoms with Gasteiger partial charge in [-0.2, -0.15) is 0 Å². The number of hydrogen-bond donors (Lipinski definition) is 2. The highest BCUT2D eigenvalue weighted by molar-refractivity contribution is 6.46. The van der Waals surface area contributed by atoms with E-state index in [4.69, 9.17) is 39.5 Å². The van der Waals surface area contributed by atoms with Gasteiger partial charge in [-0.05, 0) is 31.9 Å². The smallest absolute Gasteiger partial charge is 0.342 e. The SMILES string of the molecule is CC(OC(=O)c1c(Cl)ccc(Cl)c1Cl)C(=O)NC(=O)NC1CC1. The average Bonchev–Trinajstić information content (AvgIpc) is 3.27. The molecule has 1 atom stereocenters. The largest absolute Gasteiger partial charge is 0.449 e. The van der Waals surface area contributed by atoms with Crippen LogP contribution in [-0.2, 0) is 9.53 Å². The fourth-order valence-electron chi connectivity index (χ4n) is 1.65. The molecule has 3 amide bonds. The zero-order chi connectivity index (χ0) is 17.1. The molecule has 0 spiro atoms. The molecular formula is C14H13Cl3N2O4. The second-order valence-electron chi connectivity index (χ2n) is 5.00. The minimum Gasteiger partial charge on any atom is -0.449 e. The molecular weight excluding hydrogens is 367 g/mol. The molecule has 6 nitrogen and oxygen atoms in total. The number of hydrogen-bond acceptors (Lipinski definition) is 4. The third-order valence-corrected chi connectivity index (χ3v) is 4.17. The van der Waals surface area contributed by atoms with Crippen molar-refractivity contribution in [2.45, 2.75) is 31.9 Å². The van der Waals surface area contributed by atoms with E-state index in [1.165, 1.54) is 19.1 Å². The van der Waals surface area contributed by atoms with Gasteiger partial charge >= 0.3 is 12.0 Å². The molecule has 0 bridgehead atoms. The molecule has 9 heteroatoms. The van der Waals surface area contributed by atoms with Gasteiger partial charge in [-0.25, -0.2) is 9.59 Å². The highest BCUT2D eigenvalue weighted by atomic mass is 35.5. The maximum absolute atomic E-state index is 12.1. The van der Waals surface area contributed by atoms with Gasteiger partial charge in [0.2, 0.25) is 0 Å². The Morgan fingerprint density at radius 1 is 1.17 bits per heavy atom. The second-order valence-corrected chi connectivity index (χ2v) is 6.20. The summed E-state index contributed by atoms with van der Waals surface area (Å²) in [6.07, 6.45) is 0.564. The van der Waals surface area contributed by atoms with Gasteiger partial charge in [0, 0.05) is 6.04 Å². The van der Waals surface area contributed by atoms with E-state index >= 15 is 0 Å². The van der Waals surface area contributed by atoms with Crippen LogP contribution in [0, 0.1) is 0 Å². The van der Waals surface area contributed by atoms with Crippen molar-refractivity contribution >= 4 is 52.7 Å². The van der Waals surface area contributed by atoms with E-state index in [1.54, 1.807) is 0 Å². The van der Waals surface area contributed by atoms with Crippen LogP contribution in [0.15, 0.2) is 12.1 Å². The predicted octanol–water partition coefficient (Wildman–Crippen LogP) is 3.18. The van der Waals surface area contributed by atoms with Crippen LogP contribution in [0.1, 0.15) is 30.1 Å². The molecule has 0 aliphatic heterocycles. The maximum Gasteiger partial charge on any atom is 0.342 e. The van der Waals surface area contributed by atoms with E-state index in [1.807, 2.05) is 0 Å². The first kappa shape index (κ1) is 17.8. The molecule has 0 heterocycles. The van der Waals surface area contributed by atoms with Gasteiger partial charge in [0.15, 0.2) is 6.10 Å². The van der Waals surface area contributed by atoms with Crippen LogP contribution in [0.5, 0.6) is 0 Å². The maximum atomic E-state index is 12.1. The number of nitrogens with one attached hydrogen (secondary N) is 2. The van der Waals surface area contributed by atoms with Gasteiger partial charge in [0.05, 0.1) is 20.6 Å². The van der Waals surface area contributed by atoms with Gasteiger partial charge < -0.3 is 10.1 Å². The number of amides is 3. The van der Waals surface area contributed by atoms with Crippen LogP contribution in [-0.4, -0.2) is 30.1 Å². The number of carbonyl (C=O) groups excluding carboxylic acids is 3. The van der Waals surface area contributed by atoms with Crippen molar-refractivity contribution < 1.29 is 19.1 Å². The fraction of sp³-hybridized carbons (Fsp3) is 0.357. The second kappa shape index (κ2) is 7.38. The number of imide groups is 1. The Bertz CT molecular complexity index is 662. The number of benzene rings is 1. The summed E-state index contributed by atoms with van der Waals surface area (Å²) in [6.45, 7) is 1.32. The lowest BCUT2D eigenvalue weighted by molar-refractivity contribution is -0.127. The standard InChI is InChI=1S/C14H13Cl3N2O4/c1-6(12(20)19-14(22)18-7-2-3-7)23-13(21)10-8(15)4-5-9(16)11(10)17/h4-7H,2-3H2,1H3,(H2,18,19,20,22). The monoisotopic (exact) mass is 378 g/mol. The summed E-state index contributed by atoms with van der Waals surface area (Å²) in [5, 5.41) is 4.78. The number of rotatable bonds is 4. The Morgan fingerprint density at radius 3 is 2.39 bits per heavy atom. The normalized spacial score (nSPS) is 14.8. The van der Waals surface area contributed by atoms with Gasteiger partial charge in [-0.1, -0.05) is 34.8 Å². The Kier molecular flexibility index (Phi) is 5.73. The van der Waals surface area contributed by atoms with Crippen molar-refractivity contribution in [3.05, 3.63) is 32.8 Å². The molecule has 1 aliphatic rings. The molecule has 1 unspecified atom stereocenters. The Hall–Kier alpha value is -1.50. The van der Waals surface area contributed by atoms with Crippen LogP contribution >= 0.6 is 34.8 Å². The van der Waals surface area contributed by atoms with E-state index in [9.17, 15) is 14.4 Å². The first-order chi connectivity index (χ1) is 10.8. The lowest BCUT2D eigenvalue weighted by Crippen LogP contribution is -2.45. The average molecular weight is 380 g/mol. The number of urea groups is 1. The lowest BCUT2D eigenvalue weighted by atomic mass is 10.2. The third-order valence-electron chi connectivity index (χ3n) is 3.05. The van der Waals surface area contributed by atoms with Crippen LogP contribution in [0.2, 0.25) is 15.1 Å². The zero-order valence-electron chi connectivity index (χ0n) is 12.0. The molecule has 23 heavy (non-hydrogen) atoms. The summed E-state index contributed by atoms with van der Waals surface area (Å²) in [5.41, 5.74) is -0.136. The minimum atomic E-state index is -1.21. The summed E-state index contributed by atoms with van der Waals surface area (Å²) in [6, 6.07) is 2.30. The molecule has 2 rings (SSSR count). The first-order valence-corrected chi connectivity index (χ1v) is 7.88. The Labute approximate surface area is 147 Å². The van der Waals surface area contributed by atoms with Crippen molar-refractivity contribution in [3.8, 4) is 0 Å². The highest BCUT2D eigenvalue weighted by Crippen LogP contribution is 2.32. The van der Waals surface area contributed by atoms with Crippen LogP contribution in [0.4, 0.5) is 4.79 Å². The lowest BCUT2D eigenvalue weighted by Gasteiger charge is -2.14. The topological polar surface area (TPSA) is 84.5 Å². The molecule has 0 saturated heterocycles. The molecule has 1 saturated carbocycles. The quantitative estimate of drug-likeness (QED) is 0.621. The number of carbonyl (C=O) groups is 3. The molecule has 1 aromatic carbocycles. The molecule has 1 aromatic rings. The van der Waals surface area contributed by atoms with E-state index in [0.717, 1.165) is 12.8 Å². The molecule has 0 radical (unpaired) electrons. The van der Waals surface area contributed by atoms with Crippen LogP contribution in [0.3, 0.4) is 0 Å². The summed E-state index contributed by atoms with van der Waals surface area (Å²) in [7, 11) is 0. The summed E-state index contributed by atoms with van der Waals surface area (Å²) >= 11 is 17.6. The Morgan fingerprint density at radius 2 is 1.78 bits per heavy atom. The van der Waals surface area contributed by atoms with Crippen molar-refractivity contribution in [1.29, 1.82) is 0 Å². The molecule has 124 valence electrons. The predicted molar refractivity (Wildman–Crippen MR) is 86.0 cm³/mol. The molecule has 2 N–H and O–H groups in total. The van der Waals surface area contributed by atoms with Crippen molar-refractivity contribution in [1.82, 2.24) is 10.6 Å². The zero-order valence-corrected chi connectivity index (χ0v) is 14.3. The van der Waals surface area contributed by atoms with Crippen molar-refractivity contribution in [2.75, 3.05) is 0 Å². The summed E-state index contributed by atoms with van der Waals surface area (Å²) in [5.74, 6) is -1.67. The van der Waals surface area contributed by atoms with Gasteiger partial charge in [-0.15, -0.1) is 0 Å². The highest BCUT2D eigenvalue weighted by Gasteiger charge is 2.27. The van der Waals surface area contributed by atoms with E-state index in [0.29, 0.717) is 0 Å². The number of halogens is 3. The van der Waals surface area contributed by atoms with E-state index < -0.39 is 24.0 Å². The molecule has 0 aromatic heterocycles. The number of esters is 1. The Balaban J connectivity index is 1.97. The van der Waals surface area contributed by atoms with Crippen molar-refractivity contribution in [3.63, 3.8) is 0 Å². The van der Waals surface area contributed by atoms with Crippen LogP contribution in [0.25, 0.3) is 0 Å².